The summed E-state index contributed by atoms with van der Waals surface area (Å²) in [6, 6.07) is 1.99. The molecule has 3 heterocycles. The summed E-state index contributed by atoms with van der Waals surface area (Å²) < 4.78 is 3.72. The Morgan fingerprint density at radius 3 is 2.65 bits per heavy atom. The predicted molar refractivity (Wildman–Crippen MR) is 97.5 cm³/mol. The van der Waals surface area contributed by atoms with Crippen molar-refractivity contribution in [3.8, 4) is 0 Å². The highest BCUT2D eigenvalue weighted by atomic mass is 16.2. The number of likely N-dealkylation sites (tertiary alicyclic amines) is 1. The molecule has 1 saturated heterocycles. The number of carbonyl (C=O) groups excluding carboxylic acids is 2. The molecule has 0 aliphatic carbocycles. The molecule has 0 radical (unpaired) electrons. The van der Waals surface area contributed by atoms with Gasteiger partial charge in [-0.3, -0.25) is 19.0 Å². The van der Waals surface area contributed by atoms with Crippen molar-refractivity contribution >= 4 is 17.6 Å². The van der Waals surface area contributed by atoms with Gasteiger partial charge in [-0.25, -0.2) is 0 Å². The summed E-state index contributed by atoms with van der Waals surface area (Å²) in [7, 11) is 0. The second-order valence-corrected chi connectivity index (χ2v) is 7.29. The van der Waals surface area contributed by atoms with E-state index in [0.717, 1.165) is 24.9 Å². The molecule has 3 rings (SSSR count). The third-order valence-corrected chi connectivity index (χ3v) is 4.49. The van der Waals surface area contributed by atoms with E-state index >= 15 is 0 Å². The van der Waals surface area contributed by atoms with E-state index in [2.05, 4.69) is 29.4 Å². The predicted octanol–water partition coefficient (Wildman–Crippen LogP) is 1.85. The quantitative estimate of drug-likeness (QED) is 0.845. The van der Waals surface area contributed by atoms with Gasteiger partial charge in [0.2, 0.25) is 0 Å². The lowest BCUT2D eigenvalue weighted by Crippen LogP contribution is -2.44. The van der Waals surface area contributed by atoms with E-state index < -0.39 is 11.8 Å². The van der Waals surface area contributed by atoms with Crippen LogP contribution in [0, 0.1) is 12.8 Å². The summed E-state index contributed by atoms with van der Waals surface area (Å²) in [6.45, 7) is 8.07. The molecule has 140 valence electrons. The zero-order valence-electron chi connectivity index (χ0n) is 15.6. The van der Waals surface area contributed by atoms with Crippen LogP contribution in [0.3, 0.4) is 0 Å². The van der Waals surface area contributed by atoms with Crippen molar-refractivity contribution in [3.63, 3.8) is 0 Å². The van der Waals surface area contributed by atoms with Gasteiger partial charge < -0.3 is 10.2 Å². The Kier molecular flexibility index (Phi) is 5.39. The van der Waals surface area contributed by atoms with Gasteiger partial charge in [0.05, 0.1) is 12.2 Å². The van der Waals surface area contributed by atoms with Crippen molar-refractivity contribution in [2.75, 3.05) is 18.4 Å². The number of anilines is 1. The normalized spacial score (nSPS) is 15.5. The van der Waals surface area contributed by atoms with Gasteiger partial charge in [0.1, 0.15) is 0 Å². The monoisotopic (exact) mass is 358 g/mol. The second kappa shape index (κ2) is 7.72. The molecule has 2 aromatic heterocycles. The fourth-order valence-electron chi connectivity index (χ4n) is 3.18. The molecule has 8 nitrogen and oxygen atoms in total. The number of aromatic nitrogens is 4. The summed E-state index contributed by atoms with van der Waals surface area (Å²) in [6.07, 6.45) is 7.25. The van der Waals surface area contributed by atoms with Crippen LogP contribution in [0.5, 0.6) is 0 Å². The average Bonchev–Trinajstić information content (AvgIpc) is 3.23. The van der Waals surface area contributed by atoms with Crippen LogP contribution in [-0.4, -0.2) is 49.4 Å². The molecule has 2 amide bonds. The third kappa shape index (κ3) is 4.30. The van der Waals surface area contributed by atoms with E-state index in [9.17, 15) is 9.59 Å². The summed E-state index contributed by atoms with van der Waals surface area (Å²) in [5.41, 5.74) is 1.12. The fourth-order valence-corrected chi connectivity index (χ4v) is 3.18. The molecule has 0 atom stereocenters. The average molecular weight is 358 g/mol. The Morgan fingerprint density at radius 2 is 2.04 bits per heavy atom. The van der Waals surface area contributed by atoms with Crippen molar-refractivity contribution < 1.29 is 9.59 Å². The van der Waals surface area contributed by atoms with Crippen LogP contribution in [0.2, 0.25) is 0 Å². The van der Waals surface area contributed by atoms with E-state index in [-0.39, 0.29) is 6.04 Å². The number of aryl methyl sites for hydroxylation is 1. The molecule has 0 aromatic carbocycles. The summed E-state index contributed by atoms with van der Waals surface area (Å²) >= 11 is 0. The van der Waals surface area contributed by atoms with Gasteiger partial charge in [-0.1, -0.05) is 13.8 Å². The zero-order chi connectivity index (χ0) is 18.7. The van der Waals surface area contributed by atoms with Gasteiger partial charge >= 0.3 is 11.8 Å². The lowest BCUT2D eigenvalue weighted by atomic mass is 10.1. The molecule has 2 aromatic rings. The van der Waals surface area contributed by atoms with Crippen molar-refractivity contribution in [2.24, 2.45) is 5.92 Å². The number of rotatable bonds is 4. The summed E-state index contributed by atoms with van der Waals surface area (Å²) in [5, 5.41) is 11.2. The maximum atomic E-state index is 12.4. The molecule has 1 N–H and O–H groups in total. The van der Waals surface area contributed by atoms with E-state index in [1.807, 2.05) is 24.0 Å². The SMILES string of the molecule is Cc1cnn(C2CCN(C(=O)C(=O)Nc3ccn(CC(C)C)n3)CC2)c1. The fraction of sp³-hybridized carbons (Fsp3) is 0.556. The molecule has 1 fully saturated rings. The molecule has 0 saturated carbocycles. The van der Waals surface area contributed by atoms with Crippen LogP contribution in [0.25, 0.3) is 0 Å². The number of hydrogen-bond donors (Lipinski definition) is 1. The Morgan fingerprint density at radius 1 is 1.31 bits per heavy atom. The number of amides is 2. The van der Waals surface area contributed by atoms with Crippen molar-refractivity contribution in [2.45, 2.75) is 46.2 Å². The van der Waals surface area contributed by atoms with Crippen LogP contribution in [0.4, 0.5) is 5.82 Å². The highest BCUT2D eigenvalue weighted by Gasteiger charge is 2.28. The minimum Gasteiger partial charge on any atom is -0.334 e. The molecule has 1 aliphatic heterocycles. The Labute approximate surface area is 153 Å². The first-order chi connectivity index (χ1) is 12.4. The molecule has 26 heavy (non-hydrogen) atoms. The topological polar surface area (TPSA) is 85.0 Å². The van der Waals surface area contributed by atoms with Crippen molar-refractivity contribution in [1.29, 1.82) is 0 Å². The second-order valence-electron chi connectivity index (χ2n) is 7.29. The minimum atomic E-state index is -0.631. The standard InChI is InChI=1S/C18H26N6O2/c1-13(2)11-23-9-6-16(21-23)20-17(25)18(26)22-7-4-15(5-8-22)24-12-14(3)10-19-24/h6,9-10,12-13,15H,4-5,7-8,11H2,1-3H3,(H,20,21,25). The molecular formula is C18H26N6O2. The van der Waals surface area contributed by atoms with Gasteiger partial charge in [-0.05, 0) is 31.2 Å². The van der Waals surface area contributed by atoms with E-state index in [1.54, 1.807) is 21.8 Å². The third-order valence-electron chi connectivity index (χ3n) is 4.49. The lowest BCUT2D eigenvalue weighted by molar-refractivity contribution is -0.144. The highest BCUT2D eigenvalue weighted by Crippen LogP contribution is 2.22. The highest BCUT2D eigenvalue weighted by molar-refractivity contribution is 6.39. The molecule has 0 spiro atoms. The first-order valence-electron chi connectivity index (χ1n) is 9.07. The van der Waals surface area contributed by atoms with Gasteiger partial charge in [0.15, 0.2) is 5.82 Å². The molecule has 8 heteroatoms. The van der Waals surface area contributed by atoms with Crippen LogP contribution in [0.1, 0.15) is 38.3 Å². The van der Waals surface area contributed by atoms with Crippen LogP contribution < -0.4 is 5.32 Å². The van der Waals surface area contributed by atoms with Gasteiger partial charge in [0.25, 0.3) is 0 Å². The molecule has 0 bridgehead atoms. The smallest absolute Gasteiger partial charge is 0.315 e. The number of carbonyl (C=O) groups is 2. The Bertz CT molecular complexity index is 770. The van der Waals surface area contributed by atoms with Crippen LogP contribution >= 0.6 is 0 Å². The van der Waals surface area contributed by atoms with Crippen molar-refractivity contribution in [3.05, 3.63) is 30.2 Å². The summed E-state index contributed by atoms with van der Waals surface area (Å²) in [5.74, 6) is -0.266. The lowest BCUT2D eigenvalue weighted by Gasteiger charge is -2.31. The van der Waals surface area contributed by atoms with E-state index in [1.165, 1.54) is 0 Å². The summed E-state index contributed by atoms with van der Waals surface area (Å²) in [4.78, 5) is 26.2. The van der Waals surface area contributed by atoms with Crippen LogP contribution in [-0.2, 0) is 16.1 Å². The largest absolute Gasteiger partial charge is 0.334 e. The maximum Gasteiger partial charge on any atom is 0.315 e. The molecule has 0 unspecified atom stereocenters. The number of nitrogens with one attached hydrogen (secondary N) is 1. The van der Waals surface area contributed by atoms with Crippen molar-refractivity contribution in [1.82, 2.24) is 24.5 Å². The Balaban J connectivity index is 1.51. The van der Waals surface area contributed by atoms with Crippen LogP contribution in [0.15, 0.2) is 24.7 Å². The first-order valence-corrected chi connectivity index (χ1v) is 9.07. The number of piperidine rings is 1. The van der Waals surface area contributed by atoms with E-state index in [4.69, 9.17) is 0 Å². The zero-order valence-corrected chi connectivity index (χ0v) is 15.6. The van der Waals surface area contributed by atoms with E-state index in [0.29, 0.717) is 24.8 Å². The molecule has 1 aliphatic rings. The number of nitrogens with zero attached hydrogens (tertiary/aromatic N) is 5. The maximum absolute atomic E-state index is 12.4. The first kappa shape index (κ1) is 18.2. The molecular weight excluding hydrogens is 332 g/mol. The van der Waals surface area contributed by atoms with Gasteiger partial charge in [-0.15, -0.1) is 0 Å². The Hall–Kier alpha value is -2.64. The van der Waals surface area contributed by atoms with Gasteiger partial charge in [0, 0.05) is 38.1 Å². The minimum absolute atomic E-state index is 0.280. The van der Waals surface area contributed by atoms with Gasteiger partial charge in [-0.2, -0.15) is 10.2 Å². The number of hydrogen-bond acceptors (Lipinski definition) is 4.